The molecule has 0 aliphatic rings. The molecule has 0 fully saturated rings. The summed E-state index contributed by atoms with van der Waals surface area (Å²) in [6, 6.07) is 16.6. The van der Waals surface area contributed by atoms with Crippen molar-refractivity contribution in [2.24, 2.45) is 0 Å². The van der Waals surface area contributed by atoms with E-state index in [-0.39, 0.29) is 0 Å². The molecule has 0 atom stereocenters. The van der Waals surface area contributed by atoms with Crippen LogP contribution in [0.5, 0.6) is 0 Å². The number of allylic oxidation sites excluding steroid dienone is 3. The fraction of sp³-hybridized carbons (Fsp3) is 0.0952. The number of benzene rings is 2. The second-order valence-corrected chi connectivity index (χ2v) is 5.82. The molecule has 0 bridgehead atoms. The topological polar surface area (TPSA) is 43.6 Å². The van der Waals surface area contributed by atoms with E-state index in [1.807, 2.05) is 32.1 Å². The Morgan fingerprint density at radius 1 is 0.920 bits per heavy atom. The Morgan fingerprint density at radius 2 is 1.52 bits per heavy atom. The van der Waals surface area contributed by atoms with Gasteiger partial charge in [-0.15, -0.1) is 0 Å². The Hall–Kier alpha value is -3.27. The largest absolute Gasteiger partial charge is 0.278 e. The lowest BCUT2D eigenvalue weighted by Crippen LogP contribution is -2.07. The average molecular weight is 326 g/mol. The van der Waals surface area contributed by atoms with Gasteiger partial charge in [0.2, 0.25) is 5.95 Å². The fourth-order valence-electron chi connectivity index (χ4n) is 3.17. The highest BCUT2D eigenvalue weighted by Crippen LogP contribution is 2.30. The number of para-hydroxylation sites is 2. The average Bonchev–Trinajstić information content (AvgIpc) is 2.97. The summed E-state index contributed by atoms with van der Waals surface area (Å²) in [5.74, 6) is 1.95. The Morgan fingerprint density at radius 3 is 2.08 bits per heavy atom. The third kappa shape index (κ3) is 2.43. The third-order valence-electron chi connectivity index (χ3n) is 4.30. The molecule has 0 aliphatic heterocycles. The van der Waals surface area contributed by atoms with Crippen LogP contribution in [0.4, 0.5) is 0 Å². The van der Waals surface area contributed by atoms with Gasteiger partial charge in [-0.1, -0.05) is 55.1 Å². The molecule has 122 valence electrons. The zero-order valence-corrected chi connectivity index (χ0v) is 14.3. The lowest BCUT2D eigenvalue weighted by atomic mass is 10.2. The molecule has 0 saturated heterocycles. The molecular formula is C21H18N4. The minimum absolute atomic E-state index is 0.626. The molecule has 4 heteroatoms. The van der Waals surface area contributed by atoms with Crippen molar-refractivity contribution >= 4 is 27.4 Å². The molecule has 2 heterocycles. The van der Waals surface area contributed by atoms with E-state index in [2.05, 4.69) is 57.5 Å². The summed E-state index contributed by atoms with van der Waals surface area (Å²) in [5, 5.41) is 2.38. The van der Waals surface area contributed by atoms with E-state index in [4.69, 9.17) is 4.98 Å². The van der Waals surface area contributed by atoms with Crippen LogP contribution in [-0.2, 0) is 0 Å². The number of nitrogens with zero attached hydrogens (tertiary/aromatic N) is 4. The smallest absolute Gasteiger partial charge is 0.238 e. The maximum absolute atomic E-state index is 4.72. The van der Waals surface area contributed by atoms with E-state index in [0.717, 1.165) is 16.6 Å². The van der Waals surface area contributed by atoms with Crippen molar-refractivity contribution in [1.82, 2.24) is 19.5 Å². The van der Waals surface area contributed by atoms with Gasteiger partial charge in [-0.3, -0.25) is 4.57 Å². The van der Waals surface area contributed by atoms with Gasteiger partial charge in [-0.2, -0.15) is 9.97 Å². The van der Waals surface area contributed by atoms with Gasteiger partial charge < -0.3 is 0 Å². The van der Waals surface area contributed by atoms with Crippen LogP contribution < -0.4 is 0 Å². The van der Waals surface area contributed by atoms with Gasteiger partial charge in [0.05, 0.1) is 11.0 Å². The number of hydrogen-bond acceptors (Lipinski definition) is 3. The van der Waals surface area contributed by atoms with Crippen LogP contribution in [0.1, 0.15) is 18.6 Å². The van der Waals surface area contributed by atoms with Crippen LogP contribution in [0.2, 0.25) is 0 Å². The molecule has 0 radical (unpaired) electrons. The highest BCUT2D eigenvalue weighted by molar-refractivity contribution is 6.08. The lowest BCUT2D eigenvalue weighted by Gasteiger charge is -2.09. The molecule has 4 rings (SSSR count). The van der Waals surface area contributed by atoms with Gasteiger partial charge in [0.15, 0.2) is 5.82 Å². The highest BCUT2D eigenvalue weighted by Gasteiger charge is 2.15. The van der Waals surface area contributed by atoms with Gasteiger partial charge in [0.1, 0.15) is 5.82 Å². The van der Waals surface area contributed by atoms with Crippen LogP contribution in [-0.4, -0.2) is 19.5 Å². The Bertz CT molecular complexity index is 1080. The number of aryl methyl sites for hydroxylation is 1. The van der Waals surface area contributed by atoms with Crippen molar-refractivity contribution in [1.29, 1.82) is 0 Å². The summed E-state index contributed by atoms with van der Waals surface area (Å²) in [7, 11) is 0. The zero-order valence-electron chi connectivity index (χ0n) is 14.3. The van der Waals surface area contributed by atoms with Crippen molar-refractivity contribution in [3.8, 4) is 5.95 Å². The molecule has 0 unspecified atom stereocenters. The summed E-state index contributed by atoms with van der Waals surface area (Å²) < 4.78 is 2.10. The lowest BCUT2D eigenvalue weighted by molar-refractivity contribution is 0.886. The molecule has 0 amide bonds. The number of fused-ring (bicyclic) bond motifs is 3. The second kappa shape index (κ2) is 5.98. The molecule has 0 N–H and O–H groups in total. The van der Waals surface area contributed by atoms with Crippen molar-refractivity contribution < 1.29 is 0 Å². The first-order valence-corrected chi connectivity index (χ1v) is 8.23. The SMILES string of the molecule is C=C/C(=C\C)c1nc(C)nc(-n2c3ccccc3c3ccccc32)n1. The van der Waals surface area contributed by atoms with Gasteiger partial charge in [-0.25, -0.2) is 4.98 Å². The van der Waals surface area contributed by atoms with Gasteiger partial charge in [-0.05, 0) is 26.0 Å². The molecule has 2 aromatic heterocycles. The second-order valence-electron chi connectivity index (χ2n) is 5.82. The van der Waals surface area contributed by atoms with Gasteiger partial charge in [0.25, 0.3) is 0 Å². The van der Waals surface area contributed by atoms with Crippen LogP contribution >= 0.6 is 0 Å². The van der Waals surface area contributed by atoms with Crippen LogP contribution in [0.25, 0.3) is 33.3 Å². The molecule has 0 aliphatic carbocycles. The fourth-order valence-corrected chi connectivity index (χ4v) is 3.17. The van der Waals surface area contributed by atoms with Crippen molar-refractivity contribution in [2.45, 2.75) is 13.8 Å². The quantitative estimate of drug-likeness (QED) is 0.505. The molecule has 4 aromatic rings. The summed E-state index contributed by atoms with van der Waals surface area (Å²) in [5.41, 5.74) is 3.06. The summed E-state index contributed by atoms with van der Waals surface area (Å²) in [6.07, 6.45) is 3.72. The summed E-state index contributed by atoms with van der Waals surface area (Å²) in [4.78, 5) is 13.8. The van der Waals surface area contributed by atoms with E-state index in [9.17, 15) is 0 Å². The number of aromatic nitrogens is 4. The third-order valence-corrected chi connectivity index (χ3v) is 4.30. The van der Waals surface area contributed by atoms with Gasteiger partial charge in [0, 0.05) is 16.3 Å². The predicted octanol–water partition coefficient (Wildman–Crippen LogP) is 4.87. The minimum Gasteiger partial charge on any atom is -0.278 e. The molecule has 0 saturated carbocycles. The Balaban J connectivity index is 2.09. The van der Waals surface area contributed by atoms with Crippen molar-refractivity contribution in [2.75, 3.05) is 0 Å². The van der Waals surface area contributed by atoms with E-state index in [1.54, 1.807) is 6.08 Å². The van der Waals surface area contributed by atoms with Crippen LogP contribution in [0, 0.1) is 6.92 Å². The van der Waals surface area contributed by atoms with E-state index in [1.165, 1.54) is 10.8 Å². The first-order chi connectivity index (χ1) is 12.2. The van der Waals surface area contributed by atoms with E-state index >= 15 is 0 Å². The summed E-state index contributed by atoms with van der Waals surface area (Å²) >= 11 is 0. The molecular weight excluding hydrogens is 308 g/mol. The van der Waals surface area contributed by atoms with Crippen molar-refractivity contribution in [3.63, 3.8) is 0 Å². The monoisotopic (exact) mass is 326 g/mol. The minimum atomic E-state index is 0.626. The van der Waals surface area contributed by atoms with Gasteiger partial charge >= 0.3 is 0 Å². The Kier molecular flexibility index (Phi) is 3.65. The highest BCUT2D eigenvalue weighted by atomic mass is 15.2. The first kappa shape index (κ1) is 15.3. The predicted molar refractivity (Wildman–Crippen MR) is 103 cm³/mol. The zero-order chi connectivity index (χ0) is 17.4. The normalized spacial score (nSPS) is 12.0. The molecule has 0 spiro atoms. The number of rotatable bonds is 3. The summed E-state index contributed by atoms with van der Waals surface area (Å²) in [6.45, 7) is 7.70. The molecule has 2 aromatic carbocycles. The number of hydrogen-bond donors (Lipinski definition) is 0. The molecule has 4 nitrogen and oxygen atoms in total. The molecule has 25 heavy (non-hydrogen) atoms. The van der Waals surface area contributed by atoms with Crippen LogP contribution in [0.15, 0.2) is 67.3 Å². The van der Waals surface area contributed by atoms with E-state index < -0.39 is 0 Å². The maximum Gasteiger partial charge on any atom is 0.238 e. The maximum atomic E-state index is 4.72. The standard InChI is InChI=1S/C21H18N4/c1-4-15(5-2)20-22-14(3)23-21(24-20)25-18-12-8-6-10-16(18)17-11-7-9-13-19(17)25/h4-13H,1H2,2-3H3/b15-5+. The Labute approximate surface area is 146 Å². The van der Waals surface area contributed by atoms with Crippen LogP contribution in [0.3, 0.4) is 0 Å². The van der Waals surface area contributed by atoms with E-state index in [0.29, 0.717) is 17.6 Å². The first-order valence-electron chi connectivity index (χ1n) is 8.23. The van der Waals surface area contributed by atoms with Crippen molar-refractivity contribution in [3.05, 3.63) is 78.9 Å².